The Labute approximate surface area is 174 Å². The molecule has 2 amide bonds. The molecule has 0 unspecified atom stereocenters. The van der Waals surface area contributed by atoms with E-state index in [1.165, 1.54) is 18.2 Å². The summed E-state index contributed by atoms with van der Waals surface area (Å²) in [6.07, 6.45) is 0. The minimum absolute atomic E-state index is 0.0343. The fourth-order valence-corrected chi connectivity index (χ4v) is 5.47. The number of carbonyl (C=O) groups excluding carboxylic acids is 2. The van der Waals surface area contributed by atoms with Gasteiger partial charge in [0.15, 0.2) is 0 Å². The maximum atomic E-state index is 12.8. The van der Waals surface area contributed by atoms with Gasteiger partial charge in [-0.2, -0.15) is 0 Å². The number of anilines is 2. The average molecular weight is 437 g/mol. The summed E-state index contributed by atoms with van der Waals surface area (Å²) in [6, 6.07) is 11.1. The highest BCUT2D eigenvalue weighted by atomic mass is 35.5. The number of sulfonamides is 1. The van der Waals surface area contributed by atoms with Crippen LogP contribution in [0.5, 0.6) is 5.75 Å². The Morgan fingerprint density at radius 1 is 1.24 bits per heavy atom. The molecule has 154 valence electrons. The Morgan fingerprint density at radius 2 is 1.93 bits per heavy atom. The van der Waals surface area contributed by atoms with Crippen molar-refractivity contribution in [2.24, 2.45) is 5.41 Å². The van der Waals surface area contributed by atoms with Crippen LogP contribution in [0.2, 0.25) is 5.02 Å². The molecule has 3 rings (SSSR count). The van der Waals surface area contributed by atoms with Crippen LogP contribution >= 0.6 is 11.6 Å². The van der Waals surface area contributed by atoms with Crippen molar-refractivity contribution in [3.63, 3.8) is 0 Å². The molecule has 1 heterocycles. The minimum Gasteiger partial charge on any atom is -0.492 e. The van der Waals surface area contributed by atoms with E-state index in [2.05, 4.69) is 5.32 Å². The number of halogens is 1. The first-order valence-corrected chi connectivity index (χ1v) is 11.0. The molecule has 0 radical (unpaired) electrons. The zero-order valence-electron chi connectivity index (χ0n) is 16.2. The fourth-order valence-electron chi connectivity index (χ4n) is 3.10. The molecular formula is C20H21ClN2O5S. The zero-order chi connectivity index (χ0) is 21.4. The summed E-state index contributed by atoms with van der Waals surface area (Å²) >= 11 is 6.18. The van der Waals surface area contributed by atoms with Crippen molar-refractivity contribution in [1.29, 1.82) is 0 Å². The molecule has 0 aromatic heterocycles. The number of hydrogen-bond donors (Lipinski definition) is 1. The number of nitrogens with zero attached hydrogens (tertiary/aromatic N) is 1. The first-order valence-electron chi connectivity index (χ1n) is 8.97. The van der Waals surface area contributed by atoms with E-state index in [1.807, 2.05) is 6.92 Å². The van der Waals surface area contributed by atoms with Gasteiger partial charge < -0.3 is 10.1 Å². The third-order valence-electron chi connectivity index (χ3n) is 4.45. The fraction of sp³-hybridized carbons (Fsp3) is 0.300. The second kappa shape index (κ2) is 7.68. The van der Waals surface area contributed by atoms with Crippen LogP contribution in [0.4, 0.5) is 11.4 Å². The molecule has 2 aromatic carbocycles. The Kier molecular flexibility index (Phi) is 5.60. The monoisotopic (exact) mass is 436 g/mol. The molecule has 1 fully saturated rings. The van der Waals surface area contributed by atoms with E-state index >= 15 is 0 Å². The summed E-state index contributed by atoms with van der Waals surface area (Å²) in [7, 11) is -3.89. The van der Waals surface area contributed by atoms with Crippen LogP contribution in [0.15, 0.2) is 42.5 Å². The van der Waals surface area contributed by atoms with E-state index in [-0.39, 0.29) is 22.0 Å². The van der Waals surface area contributed by atoms with Crippen LogP contribution < -0.4 is 14.4 Å². The van der Waals surface area contributed by atoms with Gasteiger partial charge in [-0.15, -0.1) is 0 Å². The second-order valence-corrected chi connectivity index (χ2v) is 9.48. The average Bonchev–Trinajstić information content (AvgIpc) is 2.80. The molecule has 1 N–H and O–H groups in total. The van der Waals surface area contributed by atoms with Gasteiger partial charge in [-0.05, 0) is 51.1 Å². The molecule has 0 bridgehead atoms. The molecule has 9 heteroatoms. The van der Waals surface area contributed by atoms with Crippen molar-refractivity contribution >= 4 is 44.8 Å². The molecule has 7 nitrogen and oxygen atoms in total. The molecule has 2 aromatic rings. The van der Waals surface area contributed by atoms with E-state index in [1.54, 1.807) is 38.1 Å². The number of ether oxygens (including phenoxy) is 1. The van der Waals surface area contributed by atoms with E-state index in [0.717, 1.165) is 0 Å². The first-order chi connectivity index (χ1) is 13.6. The molecule has 1 saturated heterocycles. The largest absolute Gasteiger partial charge is 0.492 e. The van der Waals surface area contributed by atoms with E-state index in [9.17, 15) is 18.0 Å². The number of hydrogen-bond acceptors (Lipinski definition) is 5. The maximum absolute atomic E-state index is 12.8. The highest BCUT2D eigenvalue weighted by Crippen LogP contribution is 2.39. The quantitative estimate of drug-likeness (QED) is 0.771. The van der Waals surface area contributed by atoms with Gasteiger partial charge >= 0.3 is 0 Å². The third-order valence-corrected chi connectivity index (χ3v) is 6.77. The van der Waals surface area contributed by atoms with Crippen molar-refractivity contribution in [3.8, 4) is 5.75 Å². The van der Waals surface area contributed by atoms with Crippen molar-refractivity contribution in [3.05, 3.63) is 53.1 Å². The highest BCUT2D eigenvalue weighted by Gasteiger charge is 2.50. The van der Waals surface area contributed by atoms with Crippen LogP contribution in [0.1, 0.15) is 31.1 Å². The van der Waals surface area contributed by atoms with E-state index in [0.29, 0.717) is 22.3 Å². The lowest BCUT2D eigenvalue weighted by atomic mass is 9.95. The molecule has 1 aliphatic rings. The predicted octanol–water partition coefficient (Wildman–Crippen LogP) is 3.69. The van der Waals surface area contributed by atoms with Gasteiger partial charge in [0.25, 0.3) is 5.91 Å². The summed E-state index contributed by atoms with van der Waals surface area (Å²) < 4.78 is 31.3. The summed E-state index contributed by atoms with van der Waals surface area (Å²) in [5.41, 5.74) is -0.477. The summed E-state index contributed by atoms with van der Waals surface area (Å²) in [5, 5.41) is 2.80. The van der Waals surface area contributed by atoms with Crippen molar-refractivity contribution in [2.75, 3.05) is 22.0 Å². The number of rotatable bonds is 5. The number of benzene rings is 2. The molecule has 0 saturated carbocycles. The van der Waals surface area contributed by atoms with Crippen molar-refractivity contribution < 1.29 is 22.7 Å². The Morgan fingerprint density at radius 3 is 2.55 bits per heavy atom. The molecule has 0 spiro atoms. The van der Waals surface area contributed by atoms with Gasteiger partial charge in [-0.1, -0.05) is 23.7 Å². The standard InChI is InChI=1S/C20H21ClN2O5S/c1-4-28-17-8-6-5-7-15(17)22-18(24)13-9-10-14(21)16(11-13)23-19(25)20(2,3)12-29(23,26)27/h5-11H,4,12H2,1-3H3,(H,22,24). The summed E-state index contributed by atoms with van der Waals surface area (Å²) in [5.74, 6) is -0.888. The van der Waals surface area contributed by atoms with E-state index in [4.69, 9.17) is 16.3 Å². The van der Waals surface area contributed by atoms with Crippen LogP contribution in [0.3, 0.4) is 0 Å². The Balaban J connectivity index is 1.96. The van der Waals surface area contributed by atoms with Gasteiger partial charge in [-0.25, -0.2) is 12.7 Å². The lowest BCUT2D eigenvalue weighted by Crippen LogP contribution is -2.33. The van der Waals surface area contributed by atoms with Gasteiger partial charge in [0.1, 0.15) is 5.75 Å². The van der Waals surface area contributed by atoms with Gasteiger partial charge in [-0.3, -0.25) is 9.59 Å². The van der Waals surface area contributed by atoms with Crippen LogP contribution in [0.25, 0.3) is 0 Å². The first kappa shape index (κ1) is 21.1. The molecule has 0 atom stereocenters. The number of para-hydroxylation sites is 2. The van der Waals surface area contributed by atoms with Crippen LogP contribution in [0, 0.1) is 5.41 Å². The Bertz CT molecular complexity index is 1080. The SMILES string of the molecule is CCOc1ccccc1NC(=O)c1ccc(Cl)c(N2C(=O)C(C)(C)CS2(=O)=O)c1. The second-order valence-electron chi connectivity index (χ2n) is 7.26. The predicted molar refractivity (Wildman–Crippen MR) is 112 cm³/mol. The lowest BCUT2D eigenvalue weighted by Gasteiger charge is -2.19. The lowest BCUT2D eigenvalue weighted by molar-refractivity contribution is -0.123. The zero-order valence-corrected chi connectivity index (χ0v) is 17.8. The molecule has 1 aliphatic heterocycles. The maximum Gasteiger partial charge on any atom is 0.255 e. The molecule has 0 aliphatic carbocycles. The number of nitrogens with one attached hydrogen (secondary N) is 1. The number of amides is 2. The van der Waals surface area contributed by atoms with Crippen molar-refractivity contribution in [2.45, 2.75) is 20.8 Å². The topological polar surface area (TPSA) is 92.8 Å². The molecule has 29 heavy (non-hydrogen) atoms. The Hall–Kier alpha value is -2.58. The van der Waals surface area contributed by atoms with Gasteiger partial charge in [0, 0.05) is 5.56 Å². The normalized spacial score (nSPS) is 17.2. The third kappa shape index (κ3) is 4.09. The summed E-state index contributed by atoms with van der Waals surface area (Å²) in [6.45, 7) is 5.38. The van der Waals surface area contributed by atoms with Crippen LogP contribution in [-0.4, -0.2) is 32.6 Å². The van der Waals surface area contributed by atoms with Gasteiger partial charge in [0.2, 0.25) is 15.9 Å². The highest BCUT2D eigenvalue weighted by molar-refractivity contribution is 7.94. The van der Waals surface area contributed by atoms with E-state index < -0.39 is 27.3 Å². The minimum atomic E-state index is -3.89. The smallest absolute Gasteiger partial charge is 0.255 e. The van der Waals surface area contributed by atoms with Gasteiger partial charge in [0.05, 0.1) is 34.2 Å². The molecular weight excluding hydrogens is 416 g/mol. The van der Waals surface area contributed by atoms with Crippen LogP contribution in [-0.2, 0) is 14.8 Å². The van der Waals surface area contributed by atoms with Crippen molar-refractivity contribution in [1.82, 2.24) is 0 Å². The number of carbonyl (C=O) groups is 2. The summed E-state index contributed by atoms with van der Waals surface area (Å²) in [4.78, 5) is 25.4.